The van der Waals surface area contributed by atoms with Crippen molar-refractivity contribution in [2.75, 3.05) is 25.0 Å². The minimum atomic E-state index is -4.50. The predicted octanol–water partition coefficient (Wildman–Crippen LogP) is 4.31. The lowest BCUT2D eigenvalue weighted by molar-refractivity contribution is -0.123. The average molecular weight is 421 g/mol. The largest absolute Gasteiger partial charge is 0.405 e. The standard InChI is InChI=1S/C22H26F3N3O2/c1-4-28(5-2)19(16-9-7-6-8-10-16)21(30)27-18-13-17(12-11-15(18)3)20(29)26-14-22(23,24)25/h6-13,19H,4-5,14H2,1-3H3,(H,26,29)(H,27,30). The average Bonchev–Trinajstić information content (AvgIpc) is 2.71. The predicted molar refractivity (Wildman–Crippen MR) is 110 cm³/mol. The number of nitrogens with one attached hydrogen (secondary N) is 2. The van der Waals surface area contributed by atoms with Crippen molar-refractivity contribution in [2.24, 2.45) is 0 Å². The van der Waals surface area contributed by atoms with E-state index in [4.69, 9.17) is 0 Å². The summed E-state index contributed by atoms with van der Waals surface area (Å²) in [5, 5.41) is 4.68. The van der Waals surface area contributed by atoms with Crippen LogP contribution in [0.3, 0.4) is 0 Å². The lowest BCUT2D eigenvalue weighted by atomic mass is 10.0. The maximum atomic E-state index is 13.2. The molecule has 0 radical (unpaired) electrons. The van der Waals surface area contributed by atoms with Crippen LogP contribution in [0, 0.1) is 6.92 Å². The first-order chi connectivity index (χ1) is 14.2. The Kier molecular flexibility index (Phi) is 8.00. The quantitative estimate of drug-likeness (QED) is 0.668. The molecule has 0 bridgehead atoms. The number of carbonyl (C=O) groups is 2. The Labute approximate surface area is 174 Å². The molecule has 0 heterocycles. The maximum Gasteiger partial charge on any atom is 0.405 e. The van der Waals surface area contributed by atoms with E-state index in [0.29, 0.717) is 24.3 Å². The smallest absolute Gasteiger partial charge is 0.343 e. The highest BCUT2D eigenvalue weighted by atomic mass is 19.4. The fourth-order valence-electron chi connectivity index (χ4n) is 3.13. The number of hydrogen-bond acceptors (Lipinski definition) is 3. The van der Waals surface area contributed by atoms with Crippen molar-refractivity contribution < 1.29 is 22.8 Å². The van der Waals surface area contributed by atoms with Gasteiger partial charge in [-0.05, 0) is 43.3 Å². The maximum absolute atomic E-state index is 13.2. The molecule has 0 saturated heterocycles. The second kappa shape index (κ2) is 10.2. The molecule has 30 heavy (non-hydrogen) atoms. The number of likely N-dealkylation sites (N-methyl/N-ethyl adjacent to an activating group) is 1. The fourth-order valence-corrected chi connectivity index (χ4v) is 3.13. The minimum absolute atomic E-state index is 0.0410. The lowest BCUT2D eigenvalue weighted by Gasteiger charge is -2.29. The summed E-state index contributed by atoms with van der Waals surface area (Å²) < 4.78 is 37.1. The molecule has 2 N–H and O–H groups in total. The first-order valence-electron chi connectivity index (χ1n) is 9.71. The van der Waals surface area contributed by atoms with Crippen LogP contribution in [0.15, 0.2) is 48.5 Å². The summed E-state index contributed by atoms with van der Waals surface area (Å²) in [7, 11) is 0. The van der Waals surface area contributed by atoms with Gasteiger partial charge in [0.2, 0.25) is 5.91 Å². The second-order valence-corrected chi connectivity index (χ2v) is 6.85. The van der Waals surface area contributed by atoms with E-state index in [1.807, 2.05) is 54.4 Å². The molecule has 0 fully saturated rings. The molecule has 0 aromatic heterocycles. The Morgan fingerprint density at radius 1 is 1.03 bits per heavy atom. The number of anilines is 1. The van der Waals surface area contributed by atoms with Crippen molar-refractivity contribution in [3.05, 3.63) is 65.2 Å². The van der Waals surface area contributed by atoms with Crippen LogP contribution in [0.25, 0.3) is 0 Å². The summed E-state index contributed by atoms with van der Waals surface area (Å²) in [6, 6.07) is 13.2. The molecule has 1 unspecified atom stereocenters. The van der Waals surface area contributed by atoms with Crippen LogP contribution in [0.4, 0.5) is 18.9 Å². The third-order valence-corrected chi connectivity index (χ3v) is 4.75. The Morgan fingerprint density at radius 3 is 2.23 bits per heavy atom. The van der Waals surface area contributed by atoms with Gasteiger partial charge in [0, 0.05) is 11.3 Å². The SMILES string of the molecule is CCN(CC)C(C(=O)Nc1cc(C(=O)NCC(F)(F)F)ccc1C)c1ccccc1. The molecule has 0 spiro atoms. The molecular formula is C22H26F3N3O2. The summed E-state index contributed by atoms with van der Waals surface area (Å²) in [6.45, 7) is 5.57. The number of nitrogens with zero attached hydrogens (tertiary/aromatic N) is 1. The molecule has 8 heteroatoms. The number of halogens is 3. The van der Waals surface area contributed by atoms with Crippen LogP contribution in [-0.4, -0.2) is 42.5 Å². The molecule has 0 aliphatic carbocycles. The number of rotatable bonds is 8. The Balaban J connectivity index is 2.26. The van der Waals surface area contributed by atoms with E-state index in [1.54, 1.807) is 13.0 Å². The molecular weight excluding hydrogens is 395 g/mol. The van der Waals surface area contributed by atoms with E-state index < -0.39 is 24.7 Å². The number of aryl methyl sites for hydroxylation is 1. The molecule has 2 aromatic rings. The molecule has 5 nitrogen and oxygen atoms in total. The second-order valence-electron chi connectivity index (χ2n) is 6.85. The number of amides is 2. The van der Waals surface area contributed by atoms with Crippen LogP contribution >= 0.6 is 0 Å². The van der Waals surface area contributed by atoms with Gasteiger partial charge in [0.05, 0.1) is 0 Å². The zero-order chi connectivity index (χ0) is 22.3. The molecule has 162 valence electrons. The van der Waals surface area contributed by atoms with Gasteiger partial charge in [-0.3, -0.25) is 14.5 Å². The summed E-state index contributed by atoms with van der Waals surface area (Å²) in [5.74, 6) is -1.13. The molecule has 2 aromatic carbocycles. The summed E-state index contributed by atoms with van der Waals surface area (Å²) in [5.41, 5.74) is 1.95. The number of benzene rings is 2. The Bertz CT molecular complexity index is 866. The molecule has 0 aliphatic rings. The van der Waals surface area contributed by atoms with Crippen LogP contribution in [0.1, 0.15) is 41.4 Å². The molecule has 2 amide bonds. The lowest BCUT2D eigenvalue weighted by Crippen LogP contribution is -2.37. The van der Waals surface area contributed by atoms with Gasteiger partial charge in [-0.2, -0.15) is 13.2 Å². The number of carbonyl (C=O) groups excluding carboxylic acids is 2. The van der Waals surface area contributed by atoms with Crippen molar-refractivity contribution in [3.63, 3.8) is 0 Å². The van der Waals surface area contributed by atoms with E-state index in [9.17, 15) is 22.8 Å². The van der Waals surface area contributed by atoms with Crippen molar-refractivity contribution in [2.45, 2.75) is 33.0 Å². The van der Waals surface area contributed by atoms with Gasteiger partial charge in [-0.15, -0.1) is 0 Å². The highest BCUT2D eigenvalue weighted by Gasteiger charge is 2.28. The highest BCUT2D eigenvalue weighted by Crippen LogP contribution is 2.24. The Hall–Kier alpha value is -2.87. The van der Waals surface area contributed by atoms with Gasteiger partial charge >= 0.3 is 6.18 Å². The normalized spacial score (nSPS) is 12.5. The summed E-state index contributed by atoms with van der Waals surface area (Å²) >= 11 is 0. The topological polar surface area (TPSA) is 61.4 Å². The van der Waals surface area contributed by atoms with Crippen molar-refractivity contribution in [1.82, 2.24) is 10.2 Å². The van der Waals surface area contributed by atoms with Gasteiger partial charge in [0.15, 0.2) is 0 Å². The van der Waals surface area contributed by atoms with E-state index in [0.717, 1.165) is 5.56 Å². The number of alkyl halides is 3. The Morgan fingerprint density at radius 2 is 1.67 bits per heavy atom. The van der Waals surface area contributed by atoms with Crippen LogP contribution < -0.4 is 10.6 Å². The summed E-state index contributed by atoms with van der Waals surface area (Å²) in [6.07, 6.45) is -4.50. The zero-order valence-corrected chi connectivity index (χ0v) is 17.2. The monoisotopic (exact) mass is 421 g/mol. The molecule has 2 rings (SSSR count). The van der Waals surface area contributed by atoms with Crippen molar-refractivity contribution in [3.8, 4) is 0 Å². The first-order valence-corrected chi connectivity index (χ1v) is 9.71. The van der Waals surface area contributed by atoms with Gasteiger partial charge in [-0.1, -0.05) is 50.2 Å². The van der Waals surface area contributed by atoms with E-state index in [2.05, 4.69) is 5.32 Å². The number of hydrogen-bond donors (Lipinski definition) is 2. The highest BCUT2D eigenvalue weighted by molar-refractivity contribution is 5.99. The first kappa shape index (κ1) is 23.4. The van der Waals surface area contributed by atoms with E-state index in [1.165, 1.54) is 12.1 Å². The van der Waals surface area contributed by atoms with Crippen molar-refractivity contribution in [1.29, 1.82) is 0 Å². The fraction of sp³-hybridized carbons (Fsp3) is 0.364. The molecule has 0 aliphatic heterocycles. The third kappa shape index (κ3) is 6.32. The van der Waals surface area contributed by atoms with Gasteiger partial charge < -0.3 is 10.6 Å². The van der Waals surface area contributed by atoms with E-state index in [-0.39, 0.29) is 11.5 Å². The third-order valence-electron chi connectivity index (χ3n) is 4.75. The zero-order valence-electron chi connectivity index (χ0n) is 17.2. The van der Waals surface area contributed by atoms with E-state index >= 15 is 0 Å². The van der Waals surface area contributed by atoms with Gasteiger partial charge in [-0.25, -0.2) is 0 Å². The van der Waals surface area contributed by atoms with Crippen LogP contribution in [-0.2, 0) is 4.79 Å². The minimum Gasteiger partial charge on any atom is -0.343 e. The molecule has 1 atom stereocenters. The van der Waals surface area contributed by atoms with Gasteiger partial charge in [0.25, 0.3) is 5.91 Å². The molecule has 0 saturated carbocycles. The van der Waals surface area contributed by atoms with Crippen molar-refractivity contribution >= 4 is 17.5 Å². The van der Waals surface area contributed by atoms with Crippen LogP contribution in [0.2, 0.25) is 0 Å². The van der Waals surface area contributed by atoms with Gasteiger partial charge in [0.1, 0.15) is 12.6 Å². The summed E-state index contributed by atoms with van der Waals surface area (Å²) in [4.78, 5) is 27.2. The van der Waals surface area contributed by atoms with Crippen LogP contribution in [0.5, 0.6) is 0 Å².